The van der Waals surface area contributed by atoms with E-state index >= 15 is 0 Å². The first kappa shape index (κ1) is 13.5. The molecule has 1 aromatic carbocycles. The summed E-state index contributed by atoms with van der Waals surface area (Å²) in [5.74, 6) is 0.741. The van der Waals surface area contributed by atoms with Gasteiger partial charge < -0.3 is 5.32 Å². The monoisotopic (exact) mass is 335 g/mol. The highest BCUT2D eigenvalue weighted by Crippen LogP contribution is 2.38. The zero-order chi connectivity index (χ0) is 12.4. The molecule has 0 radical (unpaired) electrons. The summed E-state index contributed by atoms with van der Waals surface area (Å²) in [5.41, 5.74) is 0.877. The van der Waals surface area contributed by atoms with Gasteiger partial charge in [-0.3, -0.25) is 0 Å². The molecule has 0 saturated heterocycles. The van der Waals surface area contributed by atoms with Gasteiger partial charge in [0.1, 0.15) is 0 Å². The Bertz CT molecular complexity index is 385. The van der Waals surface area contributed by atoms with Crippen molar-refractivity contribution >= 4 is 44.8 Å². The lowest BCUT2D eigenvalue weighted by molar-refractivity contribution is 0.489. The van der Waals surface area contributed by atoms with Crippen molar-refractivity contribution in [3.05, 3.63) is 26.7 Å². The summed E-state index contributed by atoms with van der Waals surface area (Å²) < 4.78 is 0.913. The van der Waals surface area contributed by atoms with Crippen LogP contribution in [-0.4, -0.2) is 6.04 Å². The first-order valence-electron chi connectivity index (χ1n) is 6.03. The predicted molar refractivity (Wildman–Crippen MR) is 79.2 cm³/mol. The van der Waals surface area contributed by atoms with Crippen LogP contribution in [0, 0.1) is 5.92 Å². The highest BCUT2D eigenvalue weighted by molar-refractivity contribution is 9.10. The minimum atomic E-state index is 0.510. The van der Waals surface area contributed by atoms with E-state index in [1.165, 1.54) is 25.7 Å². The van der Waals surface area contributed by atoms with E-state index in [4.69, 9.17) is 23.2 Å². The molecular weight excluding hydrogens is 321 g/mol. The lowest BCUT2D eigenvalue weighted by Gasteiger charge is -2.22. The summed E-state index contributed by atoms with van der Waals surface area (Å²) in [6, 6.07) is 4.27. The van der Waals surface area contributed by atoms with E-state index in [-0.39, 0.29) is 0 Å². The first-order valence-corrected chi connectivity index (χ1v) is 7.57. The fourth-order valence-electron chi connectivity index (χ4n) is 2.58. The molecule has 1 N–H and O–H groups in total. The van der Waals surface area contributed by atoms with E-state index < -0.39 is 0 Å². The zero-order valence-electron chi connectivity index (χ0n) is 9.77. The average Bonchev–Trinajstić information content (AvgIpc) is 2.70. The first-order chi connectivity index (χ1) is 8.11. The number of hydrogen-bond acceptors (Lipinski definition) is 1. The summed E-state index contributed by atoms with van der Waals surface area (Å²) >= 11 is 15.8. The second-order valence-corrected chi connectivity index (χ2v) is 6.32. The number of hydrogen-bond donors (Lipinski definition) is 1. The molecule has 94 valence electrons. The topological polar surface area (TPSA) is 12.0 Å². The maximum Gasteiger partial charge on any atom is 0.0722 e. The fourth-order valence-corrected chi connectivity index (χ4v) is 3.90. The van der Waals surface area contributed by atoms with Crippen molar-refractivity contribution in [2.75, 3.05) is 5.32 Å². The molecule has 1 fully saturated rings. The van der Waals surface area contributed by atoms with Gasteiger partial charge in [-0.15, -0.1) is 0 Å². The van der Waals surface area contributed by atoms with Crippen LogP contribution in [0.5, 0.6) is 0 Å². The van der Waals surface area contributed by atoms with Crippen LogP contribution < -0.4 is 5.32 Å². The van der Waals surface area contributed by atoms with Crippen LogP contribution >= 0.6 is 39.1 Å². The van der Waals surface area contributed by atoms with Crippen molar-refractivity contribution in [3.63, 3.8) is 0 Å². The molecule has 17 heavy (non-hydrogen) atoms. The molecule has 0 aliphatic heterocycles. The van der Waals surface area contributed by atoms with Crippen LogP contribution in [0.1, 0.15) is 32.6 Å². The van der Waals surface area contributed by atoms with Crippen molar-refractivity contribution in [1.82, 2.24) is 0 Å². The number of benzene rings is 1. The van der Waals surface area contributed by atoms with Gasteiger partial charge in [0.25, 0.3) is 0 Å². The van der Waals surface area contributed by atoms with Crippen molar-refractivity contribution in [2.45, 2.75) is 38.6 Å². The molecule has 0 amide bonds. The quantitative estimate of drug-likeness (QED) is 0.741. The summed E-state index contributed by atoms with van der Waals surface area (Å²) in [6.45, 7) is 2.25. The molecule has 1 aliphatic rings. The van der Waals surface area contributed by atoms with Crippen molar-refractivity contribution < 1.29 is 0 Å². The lowest BCUT2D eigenvalue weighted by atomic mass is 10.0. The normalized spacial score (nSPS) is 24.0. The Morgan fingerprint density at radius 3 is 2.53 bits per heavy atom. The van der Waals surface area contributed by atoms with Crippen LogP contribution in [0.15, 0.2) is 16.6 Å². The molecule has 2 rings (SSSR count). The number of rotatable bonds is 3. The molecule has 1 aromatic rings. The van der Waals surface area contributed by atoms with Gasteiger partial charge in [0.05, 0.1) is 15.7 Å². The molecule has 1 aliphatic carbocycles. The van der Waals surface area contributed by atoms with Crippen LogP contribution in [0.2, 0.25) is 10.0 Å². The Labute approximate surface area is 121 Å². The van der Waals surface area contributed by atoms with E-state index in [0.29, 0.717) is 16.1 Å². The smallest absolute Gasteiger partial charge is 0.0722 e. The van der Waals surface area contributed by atoms with Gasteiger partial charge in [-0.05, 0) is 30.9 Å². The van der Waals surface area contributed by atoms with Crippen LogP contribution in [-0.2, 0) is 0 Å². The summed E-state index contributed by atoms with van der Waals surface area (Å²) in [7, 11) is 0. The molecule has 1 nitrogen and oxygen atoms in total. The van der Waals surface area contributed by atoms with Crippen molar-refractivity contribution in [3.8, 4) is 0 Å². The van der Waals surface area contributed by atoms with Gasteiger partial charge in [0.2, 0.25) is 0 Å². The molecule has 4 heteroatoms. The number of nitrogens with one attached hydrogen (secondary N) is 1. The van der Waals surface area contributed by atoms with Gasteiger partial charge in [-0.2, -0.15) is 0 Å². The Morgan fingerprint density at radius 1 is 1.29 bits per heavy atom. The van der Waals surface area contributed by atoms with Gasteiger partial charge in [0, 0.05) is 10.5 Å². The third-order valence-electron chi connectivity index (χ3n) is 3.52. The maximum atomic E-state index is 6.23. The van der Waals surface area contributed by atoms with Gasteiger partial charge >= 0.3 is 0 Å². The van der Waals surface area contributed by atoms with Crippen LogP contribution in [0.4, 0.5) is 5.69 Å². The van der Waals surface area contributed by atoms with E-state index in [2.05, 4.69) is 28.2 Å². The highest BCUT2D eigenvalue weighted by Gasteiger charge is 2.26. The zero-order valence-corrected chi connectivity index (χ0v) is 12.9. The van der Waals surface area contributed by atoms with Crippen molar-refractivity contribution in [2.24, 2.45) is 5.92 Å². The summed E-state index contributed by atoms with van der Waals surface area (Å²) in [6.07, 6.45) is 5.02. The Balaban J connectivity index is 2.18. The maximum absolute atomic E-state index is 6.23. The standard InChI is InChI=1S/C13H16BrCl2N/c1-2-8-4-3-5-12(8)17-13-10(15)6-9(14)7-11(13)16/h6-8,12,17H,2-5H2,1H3. The van der Waals surface area contributed by atoms with E-state index in [1.54, 1.807) is 0 Å². The largest absolute Gasteiger partial charge is 0.380 e. The third kappa shape index (κ3) is 3.10. The molecule has 2 atom stereocenters. The highest BCUT2D eigenvalue weighted by atomic mass is 79.9. The molecule has 0 aromatic heterocycles. The Kier molecular flexibility index (Phi) is 4.62. The summed E-state index contributed by atoms with van der Waals surface area (Å²) in [4.78, 5) is 0. The van der Waals surface area contributed by atoms with Crippen LogP contribution in [0.3, 0.4) is 0 Å². The number of halogens is 3. The van der Waals surface area contributed by atoms with E-state index in [1.807, 2.05) is 12.1 Å². The van der Waals surface area contributed by atoms with E-state index in [0.717, 1.165) is 16.1 Å². The average molecular weight is 337 g/mol. The number of anilines is 1. The minimum Gasteiger partial charge on any atom is -0.380 e. The molecule has 2 unspecified atom stereocenters. The second kappa shape index (κ2) is 5.81. The van der Waals surface area contributed by atoms with Gasteiger partial charge in [-0.1, -0.05) is 58.9 Å². The Hall–Kier alpha value is 0.0800. The summed E-state index contributed by atoms with van der Waals surface area (Å²) in [5, 5.41) is 4.89. The molecule has 1 saturated carbocycles. The SMILES string of the molecule is CCC1CCCC1Nc1c(Cl)cc(Br)cc1Cl. The molecule has 0 bridgehead atoms. The van der Waals surface area contributed by atoms with Gasteiger partial charge in [0.15, 0.2) is 0 Å². The fraction of sp³-hybridized carbons (Fsp3) is 0.538. The van der Waals surface area contributed by atoms with Crippen LogP contribution in [0.25, 0.3) is 0 Å². The molecule has 0 spiro atoms. The van der Waals surface area contributed by atoms with Gasteiger partial charge in [-0.25, -0.2) is 0 Å². The van der Waals surface area contributed by atoms with Crippen molar-refractivity contribution in [1.29, 1.82) is 0 Å². The predicted octanol–water partition coefficient (Wildman–Crippen LogP) is 5.75. The lowest BCUT2D eigenvalue weighted by Crippen LogP contribution is -2.23. The third-order valence-corrected chi connectivity index (χ3v) is 4.57. The molecule has 0 heterocycles. The Morgan fingerprint density at radius 2 is 1.94 bits per heavy atom. The van der Waals surface area contributed by atoms with E-state index in [9.17, 15) is 0 Å². The second-order valence-electron chi connectivity index (χ2n) is 4.59. The molecular formula is C13H16BrCl2N. The minimum absolute atomic E-state index is 0.510.